The van der Waals surface area contributed by atoms with Crippen molar-refractivity contribution in [2.75, 3.05) is 6.61 Å². The minimum absolute atomic E-state index is 0.149. The van der Waals surface area contributed by atoms with Crippen molar-refractivity contribution in [3.63, 3.8) is 0 Å². The van der Waals surface area contributed by atoms with Crippen molar-refractivity contribution in [1.29, 1.82) is 0 Å². The van der Waals surface area contributed by atoms with Crippen molar-refractivity contribution in [3.8, 4) is 0 Å². The van der Waals surface area contributed by atoms with E-state index in [2.05, 4.69) is 0 Å². The van der Waals surface area contributed by atoms with E-state index in [0.29, 0.717) is 0 Å². The predicted molar refractivity (Wildman–Crippen MR) is 87.8 cm³/mol. The van der Waals surface area contributed by atoms with Gasteiger partial charge in [0.1, 0.15) is 18.9 Å². The molecule has 1 aromatic rings. The van der Waals surface area contributed by atoms with Gasteiger partial charge in [0.05, 0.1) is 0 Å². The van der Waals surface area contributed by atoms with Gasteiger partial charge in [0.25, 0.3) is 5.56 Å². The fraction of sp³-hybridized carbons (Fsp3) is 0.571. The van der Waals surface area contributed by atoms with Crippen LogP contribution in [0.4, 0.5) is 0 Å². The second kappa shape index (κ2) is 7.39. The number of aromatic nitrogens is 2. The van der Waals surface area contributed by atoms with E-state index in [1.165, 1.54) is 6.92 Å². The molecule has 27 heavy (non-hydrogen) atoms. The van der Waals surface area contributed by atoms with E-state index < -0.39 is 61.5 Å². The van der Waals surface area contributed by atoms with Gasteiger partial charge in [-0.15, -0.1) is 0 Å². The maximum Gasteiger partial charge on any atom is 0.371 e. The SMILES string of the molecule is CC(=O)OC[C@H]1O[C@@H](n2cc(C)c(=O)[nH]c2=O)C[C@]1(OC(C)=O)P(=O)(O)O. The summed E-state index contributed by atoms with van der Waals surface area (Å²) in [6, 6.07) is 0. The summed E-state index contributed by atoms with van der Waals surface area (Å²) < 4.78 is 28.3. The molecule has 13 heteroatoms. The molecule has 0 bridgehead atoms. The van der Waals surface area contributed by atoms with Crippen LogP contribution >= 0.6 is 7.60 Å². The van der Waals surface area contributed by atoms with E-state index in [4.69, 9.17) is 14.2 Å². The first-order valence-corrected chi connectivity index (χ1v) is 9.34. The van der Waals surface area contributed by atoms with Gasteiger partial charge in [-0.25, -0.2) is 4.79 Å². The average molecular weight is 406 g/mol. The third-order valence-corrected chi connectivity index (χ3v) is 5.55. The van der Waals surface area contributed by atoms with Crippen LogP contribution < -0.4 is 11.2 Å². The van der Waals surface area contributed by atoms with Crippen LogP contribution in [0.15, 0.2) is 15.8 Å². The largest absolute Gasteiger partial charge is 0.463 e. The molecule has 1 aliphatic rings. The minimum atomic E-state index is -5.16. The summed E-state index contributed by atoms with van der Waals surface area (Å²) in [5.74, 6) is -1.75. The molecule has 150 valence electrons. The molecule has 3 atom stereocenters. The number of aromatic amines is 1. The summed E-state index contributed by atoms with van der Waals surface area (Å²) in [5, 5.41) is -2.47. The van der Waals surface area contributed by atoms with Crippen molar-refractivity contribution in [2.24, 2.45) is 0 Å². The number of rotatable bonds is 5. The quantitative estimate of drug-likeness (QED) is 0.412. The standard InChI is InChI=1S/C14H19N2O10P/c1-7-5-16(13(20)15-12(7)19)11-4-14(26-9(3)18,27(21,22)23)10(25-11)6-24-8(2)17/h5,10-11H,4,6H2,1-3H3,(H,15,19,20)(H2,21,22,23)/t10-,11-,14+/m1/s1. The molecule has 1 fully saturated rings. The Morgan fingerprint density at radius 3 is 2.52 bits per heavy atom. The summed E-state index contributed by atoms with van der Waals surface area (Å²) in [7, 11) is -5.16. The maximum absolute atomic E-state index is 12.2. The summed E-state index contributed by atoms with van der Waals surface area (Å²) in [6.07, 6.45) is -2.29. The van der Waals surface area contributed by atoms with Gasteiger partial charge in [-0.3, -0.25) is 28.5 Å². The first-order valence-electron chi connectivity index (χ1n) is 7.73. The summed E-state index contributed by atoms with van der Waals surface area (Å²) >= 11 is 0. The molecule has 1 saturated heterocycles. The van der Waals surface area contributed by atoms with Crippen molar-refractivity contribution in [1.82, 2.24) is 9.55 Å². The molecule has 0 radical (unpaired) electrons. The van der Waals surface area contributed by atoms with Crippen molar-refractivity contribution >= 4 is 19.5 Å². The number of carbonyl (C=O) groups is 2. The van der Waals surface area contributed by atoms with Gasteiger partial charge in [0.15, 0.2) is 0 Å². The Kier molecular flexibility index (Phi) is 5.76. The molecule has 0 aliphatic carbocycles. The molecule has 1 aromatic heterocycles. The first kappa shape index (κ1) is 21.0. The Hall–Kier alpha value is -2.27. The van der Waals surface area contributed by atoms with Crippen LogP contribution in [0.3, 0.4) is 0 Å². The van der Waals surface area contributed by atoms with Crippen molar-refractivity contribution in [3.05, 3.63) is 32.6 Å². The first-order chi connectivity index (χ1) is 12.4. The average Bonchev–Trinajstić information content (AvgIpc) is 2.87. The number of ether oxygens (including phenoxy) is 3. The van der Waals surface area contributed by atoms with Crippen molar-refractivity contribution < 1.29 is 38.2 Å². The molecule has 3 N–H and O–H groups in total. The predicted octanol–water partition coefficient (Wildman–Crippen LogP) is -0.867. The highest BCUT2D eigenvalue weighted by Gasteiger charge is 2.63. The molecule has 1 aliphatic heterocycles. The fourth-order valence-corrected chi connectivity index (χ4v) is 3.93. The molecule has 2 heterocycles. The highest BCUT2D eigenvalue weighted by molar-refractivity contribution is 7.53. The van der Waals surface area contributed by atoms with E-state index in [9.17, 15) is 33.5 Å². The molecule has 2 rings (SSSR count). The van der Waals surface area contributed by atoms with Crippen LogP contribution in [0, 0.1) is 6.92 Å². The Balaban J connectivity index is 2.54. The zero-order valence-electron chi connectivity index (χ0n) is 14.7. The Bertz CT molecular complexity index is 915. The molecular formula is C14H19N2O10P. The lowest BCUT2D eigenvalue weighted by atomic mass is 10.1. The van der Waals surface area contributed by atoms with Gasteiger partial charge in [-0.1, -0.05) is 0 Å². The number of aryl methyl sites for hydroxylation is 1. The van der Waals surface area contributed by atoms with Gasteiger partial charge in [-0.05, 0) is 6.92 Å². The molecule has 12 nitrogen and oxygen atoms in total. The van der Waals surface area contributed by atoms with Gasteiger partial charge < -0.3 is 24.0 Å². The summed E-state index contributed by atoms with van der Waals surface area (Å²) in [5.41, 5.74) is -1.37. The monoisotopic (exact) mass is 406 g/mol. The molecule has 0 saturated carbocycles. The van der Waals surface area contributed by atoms with Gasteiger partial charge in [-0.2, -0.15) is 0 Å². The van der Waals surface area contributed by atoms with E-state index in [0.717, 1.165) is 24.6 Å². The van der Waals surface area contributed by atoms with Gasteiger partial charge in [0, 0.05) is 32.0 Å². The van der Waals surface area contributed by atoms with E-state index >= 15 is 0 Å². The highest BCUT2D eigenvalue weighted by atomic mass is 31.2. The van der Waals surface area contributed by atoms with Crippen LogP contribution in [-0.2, 0) is 28.4 Å². The lowest BCUT2D eigenvalue weighted by Crippen LogP contribution is -2.45. The molecule has 0 amide bonds. The normalized spacial score (nSPS) is 25.2. The zero-order valence-corrected chi connectivity index (χ0v) is 15.6. The maximum atomic E-state index is 12.2. The number of nitrogens with zero attached hydrogens (tertiary/aromatic N) is 1. The number of esters is 2. The van der Waals surface area contributed by atoms with Crippen LogP contribution in [-0.4, -0.2) is 49.3 Å². The fourth-order valence-electron chi connectivity index (χ4n) is 2.77. The molecule has 0 spiro atoms. The molecule has 0 unspecified atom stereocenters. The number of H-pyrrole nitrogens is 1. The minimum Gasteiger partial charge on any atom is -0.463 e. The number of hydrogen-bond acceptors (Lipinski definition) is 8. The second-order valence-corrected chi connectivity index (χ2v) is 7.89. The number of carbonyl (C=O) groups excluding carboxylic acids is 2. The number of nitrogens with one attached hydrogen (secondary N) is 1. The Morgan fingerprint density at radius 2 is 2.00 bits per heavy atom. The summed E-state index contributed by atoms with van der Waals surface area (Å²) in [4.78, 5) is 67.9. The van der Waals surface area contributed by atoms with Crippen LogP contribution in [0.2, 0.25) is 0 Å². The molecule has 0 aromatic carbocycles. The third kappa shape index (κ3) is 4.19. The van der Waals surface area contributed by atoms with E-state index in [1.54, 1.807) is 0 Å². The second-order valence-electron chi connectivity index (χ2n) is 6.05. The van der Waals surface area contributed by atoms with Crippen LogP contribution in [0.1, 0.15) is 32.1 Å². The highest BCUT2D eigenvalue weighted by Crippen LogP contribution is 2.61. The van der Waals surface area contributed by atoms with Crippen molar-refractivity contribution in [2.45, 2.75) is 44.9 Å². The lowest BCUT2D eigenvalue weighted by Gasteiger charge is -2.32. The van der Waals surface area contributed by atoms with Gasteiger partial charge >= 0.3 is 25.2 Å². The van der Waals surface area contributed by atoms with E-state index in [1.807, 2.05) is 4.98 Å². The molecular weight excluding hydrogens is 387 g/mol. The number of hydrogen-bond donors (Lipinski definition) is 3. The smallest absolute Gasteiger partial charge is 0.371 e. The lowest BCUT2D eigenvalue weighted by molar-refractivity contribution is -0.161. The Labute approximate surface area is 152 Å². The third-order valence-electron chi connectivity index (χ3n) is 4.00. The Morgan fingerprint density at radius 1 is 1.37 bits per heavy atom. The van der Waals surface area contributed by atoms with Crippen LogP contribution in [0.25, 0.3) is 0 Å². The zero-order chi connectivity index (χ0) is 20.6. The van der Waals surface area contributed by atoms with Gasteiger partial charge in [0.2, 0.25) is 5.34 Å². The summed E-state index contributed by atoms with van der Waals surface area (Å²) in [6.45, 7) is 2.82. The van der Waals surface area contributed by atoms with Crippen LogP contribution in [0.5, 0.6) is 0 Å². The van der Waals surface area contributed by atoms with E-state index in [-0.39, 0.29) is 5.56 Å². The topological polar surface area (TPSA) is 174 Å².